The van der Waals surface area contributed by atoms with Crippen molar-refractivity contribution in [1.29, 1.82) is 0 Å². The lowest BCUT2D eigenvalue weighted by Gasteiger charge is -2.28. The number of hydrogen-bond donors (Lipinski definition) is 0. The van der Waals surface area contributed by atoms with Crippen LogP contribution >= 0.6 is 0 Å². The van der Waals surface area contributed by atoms with E-state index in [-0.39, 0.29) is 0 Å². The van der Waals surface area contributed by atoms with E-state index in [0.29, 0.717) is 0 Å². The zero-order valence-electron chi connectivity index (χ0n) is 35.8. The number of fused-ring (bicyclic) bond motifs is 4. The van der Waals surface area contributed by atoms with E-state index in [1.165, 1.54) is 98.7 Å². The molecular formula is C64H43N. The Morgan fingerprint density at radius 2 is 0.631 bits per heavy atom. The van der Waals surface area contributed by atoms with Gasteiger partial charge in [0.15, 0.2) is 0 Å². The third kappa shape index (κ3) is 6.82. The molecule has 0 atom stereocenters. The lowest BCUT2D eigenvalue weighted by molar-refractivity contribution is 1.30. The van der Waals surface area contributed by atoms with Crippen LogP contribution in [0.25, 0.3) is 98.7 Å². The quantitative estimate of drug-likeness (QED) is 0.148. The summed E-state index contributed by atoms with van der Waals surface area (Å²) in [7, 11) is 0. The van der Waals surface area contributed by atoms with Gasteiger partial charge in [0, 0.05) is 16.8 Å². The molecule has 0 amide bonds. The van der Waals surface area contributed by atoms with E-state index >= 15 is 0 Å². The van der Waals surface area contributed by atoms with Crippen molar-refractivity contribution in [3.63, 3.8) is 0 Å². The molecule has 0 saturated carbocycles. The van der Waals surface area contributed by atoms with Crippen LogP contribution in [0.4, 0.5) is 17.1 Å². The van der Waals surface area contributed by atoms with Gasteiger partial charge in [-0.15, -0.1) is 0 Å². The fraction of sp³-hybridized carbons (Fsp3) is 0. The molecule has 12 aromatic rings. The molecule has 0 radical (unpaired) electrons. The predicted octanol–water partition coefficient (Wildman–Crippen LogP) is 18.1. The summed E-state index contributed by atoms with van der Waals surface area (Å²) in [5, 5.41) is 9.86. The van der Waals surface area contributed by atoms with Crippen molar-refractivity contribution in [2.24, 2.45) is 0 Å². The van der Waals surface area contributed by atoms with Gasteiger partial charge in [-0.05, 0) is 124 Å². The van der Waals surface area contributed by atoms with Gasteiger partial charge in [-0.3, -0.25) is 0 Å². The van der Waals surface area contributed by atoms with E-state index in [0.717, 1.165) is 17.1 Å². The van der Waals surface area contributed by atoms with E-state index in [1.54, 1.807) is 0 Å². The number of hydrogen-bond acceptors (Lipinski definition) is 1. The molecular weight excluding hydrogens is 783 g/mol. The van der Waals surface area contributed by atoms with Gasteiger partial charge in [0.25, 0.3) is 0 Å². The molecule has 1 heteroatoms. The average Bonchev–Trinajstić information content (AvgIpc) is 3.39. The lowest BCUT2D eigenvalue weighted by Crippen LogP contribution is -2.11. The summed E-state index contributed by atoms with van der Waals surface area (Å²) in [6.07, 6.45) is 0. The third-order valence-electron chi connectivity index (χ3n) is 13.1. The first-order chi connectivity index (χ1) is 32.3. The van der Waals surface area contributed by atoms with E-state index in [9.17, 15) is 0 Å². The fourth-order valence-corrected chi connectivity index (χ4v) is 10.1. The SMILES string of the molecule is c1ccc(-c2cccc3cccc(-c4ccc(N(c5cccc(-c6cccc7cccc(-c8ccccc8)c67)c5)c5ccc(-c6cccc7ccccc67)c6ccccc56)cc4)c23)cc1. The zero-order chi connectivity index (χ0) is 43.1. The minimum absolute atomic E-state index is 1.08. The Morgan fingerprint density at radius 3 is 1.23 bits per heavy atom. The van der Waals surface area contributed by atoms with Crippen molar-refractivity contribution in [3.05, 3.63) is 261 Å². The molecule has 0 fully saturated rings. The Bertz CT molecular complexity index is 3680. The van der Waals surface area contributed by atoms with Crippen LogP contribution in [0.5, 0.6) is 0 Å². The van der Waals surface area contributed by atoms with Crippen molar-refractivity contribution in [2.75, 3.05) is 4.90 Å². The summed E-state index contributed by atoms with van der Waals surface area (Å²) in [6.45, 7) is 0. The summed E-state index contributed by atoms with van der Waals surface area (Å²) < 4.78 is 0. The number of anilines is 3. The maximum Gasteiger partial charge on any atom is 0.0540 e. The first-order valence-electron chi connectivity index (χ1n) is 22.4. The smallest absolute Gasteiger partial charge is 0.0540 e. The molecule has 0 N–H and O–H groups in total. The molecule has 0 heterocycles. The minimum Gasteiger partial charge on any atom is -0.310 e. The topological polar surface area (TPSA) is 3.24 Å². The lowest BCUT2D eigenvalue weighted by atomic mass is 9.91. The monoisotopic (exact) mass is 825 g/mol. The van der Waals surface area contributed by atoms with Crippen LogP contribution in [0.2, 0.25) is 0 Å². The molecule has 0 spiro atoms. The first kappa shape index (κ1) is 38.2. The standard InChI is InChI=1S/C64H43N/c1-3-17-45(18-4-1)54-32-13-23-48-24-15-34-56(63(48)54)47-37-39-51(40-38-47)65(62-42-41-60(59-30-9-10-31-61(59)62)58-36-12-22-44-21-7-8-29-53(44)58)52-28-11-27-50(43-52)57-35-16-26-49-25-14-33-55(64(49)57)46-19-5-2-6-20-46/h1-43H. The number of nitrogens with zero attached hydrogens (tertiary/aromatic N) is 1. The van der Waals surface area contributed by atoms with Crippen molar-refractivity contribution >= 4 is 60.2 Å². The van der Waals surface area contributed by atoms with Crippen LogP contribution in [0.15, 0.2) is 261 Å². The van der Waals surface area contributed by atoms with Crippen molar-refractivity contribution < 1.29 is 0 Å². The molecule has 12 rings (SSSR count). The Balaban J connectivity index is 1.05. The minimum atomic E-state index is 1.08. The Kier molecular flexibility index (Phi) is 9.58. The van der Waals surface area contributed by atoms with Crippen LogP contribution in [-0.4, -0.2) is 0 Å². The second-order valence-corrected chi connectivity index (χ2v) is 16.8. The van der Waals surface area contributed by atoms with Gasteiger partial charge < -0.3 is 4.90 Å². The van der Waals surface area contributed by atoms with Crippen LogP contribution in [-0.2, 0) is 0 Å². The van der Waals surface area contributed by atoms with E-state index in [4.69, 9.17) is 0 Å². The van der Waals surface area contributed by atoms with Crippen LogP contribution in [0, 0.1) is 0 Å². The highest BCUT2D eigenvalue weighted by Gasteiger charge is 2.20. The number of benzene rings is 12. The largest absolute Gasteiger partial charge is 0.310 e. The van der Waals surface area contributed by atoms with E-state index < -0.39 is 0 Å². The van der Waals surface area contributed by atoms with Gasteiger partial charge in [-0.2, -0.15) is 0 Å². The second-order valence-electron chi connectivity index (χ2n) is 16.8. The van der Waals surface area contributed by atoms with Crippen LogP contribution in [0.1, 0.15) is 0 Å². The summed E-state index contributed by atoms with van der Waals surface area (Å²) >= 11 is 0. The van der Waals surface area contributed by atoms with E-state index in [1.807, 2.05) is 0 Å². The molecule has 65 heavy (non-hydrogen) atoms. The Labute approximate surface area is 379 Å². The van der Waals surface area contributed by atoms with Crippen molar-refractivity contribution in [3.8, 4) is 55.6 Å². The van der Waals surface area contributed by atoms with Gasteiger partial charge in [-0.25, -0.2) is 0 Å². The molecule has 1 nitrogen and oxygen atoms in total. The third-order valence-corrected chi connectivity index (χ3v) is 13.1. The molecule has 0 bridgehead atoms. The first-order valence-corrected chi connectivity index (χ1v) is 22.4. The summed E-state index contributed by atoms with van der Waals surface area (Å²) in [6, 6.07) is 95.3. The predicted molar refractivity (Wildman–Crippen MR) is 278 cm³/mol. The molecule has 0 unspecified atom stereocenters. The Morgan fingerprint density at radius 1 is 0.215 bits per heavy atom. The summed E-state index contributed by atoms with van der Waals surface area (Å²) in [5.74, 6) is 0. The normalized spacial score (nSPS) is 11.4. The average molecular weight is 826 g/mol. The maximum absolute atomic E-state index is 2.45. The van der Waals surface area contributed by atoms with Gasteiger partial charge in [0.1, 0.15) is 0 Å². The zero-order valence-corrected chi connectivity index (χ0v) is 35.8. The maximum atomic E-state index is 2.45. The van der Waals surface area contributed by atoms with E-state index in [2.05, 4.69) is 266 Å². The highest BCUT2D eigenvalue weighted by Crippen LogP contribution is 2.46. The van der Waals surface area contributed by atoms with Crippen LogP contribution < -0.4 is 4.90 Å². The molecule has 0 aliphatic carbocycles. The molecule has 0 aliphatic heterocycles. The van der Waals surface area contributed by atoms with Gasteiger partial charge in [-0.1, -0.05) is 231 Å². The van der Waals surface area contributed by atoms with Crippen molar-refractivity contribution in [1.82, 2.24) is 0 Å². The van der Waals surface area contributed by atoms with Gasteiger partial charge >= 0.3 is 0 Å². The van der Waals surface area contributed by atoms with Crippen LogP contribution in [0.3, 0.4) is 0 Å². The van der Waals surface area contributed by atoms with Crippen molar-refractivity contribution in [2.45, 2.75) is 0 Å². The Hall–Kier alpha value is -8.52. The molecule has 12 aromatic carbocycles. The molecule has 0 aromatic heterocycles. The molecule has 0 aliphatic rings. The number of rotatable bonds is 8. The highest BCUT2D eigenvalue weighted by atomic mass is 15.1. The summed E-state index contributed by atoms with van der Waals surface area (Å²) in [4.78, 5) is 2.45. The summed E-state index contributed by atoms with van der Waals surface area (Å²) in [5.41, 5.74) is 15.4. The van der Waals surface area contributed by atoms with Gasteiger partial charge in [0.2, 0.25) is 0 Å². The van der Waals surface area contributed by atoms with Gasteiger partial charge in [0.05, 0.1) is 5.69 Å². The molecule has 304 valence electrons. The molecule has 0 saturated heterocycles. The highest BCUT2D eigenvalue weighted by molar-refractivity contribution is 6.12. The fourth-order valence-electron chi connectivity index (χ4n) is 10.1. The second kappa shape index (κ2) is 16.3.